The van der Waals surface area contributed by atoms with Crippen LogP contribution in [0.5, 0.6) is 5.75 Å². The molecule has 0 amide bonds. The van der Waals surface area contributed by atoms with Crippen LogP contribution < -0.4 is 10.5 Å². The molecule has 0 unspecified atom stereocenters. The van der Waals surface area contributed by atoms with Crippen molar-refractivity contribution in [3.05, 3.63) is 35.7 Å². The molecule has 3 rings (SSSR count). The second-order valence-electron chi connectivity index (χ2n) is 4.45. The third-order valence-corrected chi connectivity index (χ3v) is 3.05. The minimum absolute atomic E-state index is 0.353. The van der Waals surface area contributed by atoms with Gasteiger partial charge in [0.05, 0.1) is 12.3 Å². The molecule has 0 radical (unpaired) electrons. The van der Waals surface area contributed by atoms with Gasteiger partial charge in [0.15, 0.2) is 5.82 Å². The average Bonchev–Trinajstić information content (AvgIpc) is 2.85. The van der Waals surface area contributed by atoms with Crippen LogP contribution in [0.15, 0.2) is 24.3 Å². The number of hydrogen-bond acceptors (Lipinski definition) is 5. The van der Waals surface area contributed by atoms with Crippen LogP contribution in [-0.2, 0) is 17.8 Å². The van der Waals surface area contributed by atoms with E-state index in [4.69, 9.17) is 15.2 Å². The van der Waals surface area contributed by atoms with Crippen LogP contribution in [0.2, 0.25) is 0 Å². The number of hydrogen-bond donors (Lipinski definition) is 1. The van der Waals surface area contributed by atoms with Crippen LogP contribution in [0.1, 0.15) is 11.4 Å². The van der Waals surface area contributed by atoms with E-state index in [1.807, 2.05) is 12.1 Å². The lowest BCUT2D eigenvalue weighted by molar-refractivity contribution is 0.178. The minimum Gasteiger partial charge on any atom is -0.493 e. The lowest BCUT2D eigenvalue weighted by atomic mass is 10.1. The fraction of sp³-hybridized carbons (Fsp3) is 0.286. The van der Waals surface area contributed by atoms with Crippen molar-refractivity contribution in [2.45, 2.75) is 13.0 Å². The van der Waals surface area contributed by atoms with Crippen molar-refractivity contribution in [2.24, 2.45) is 0 Å². The van der Waals surface area contributed by atoms with Gasteiger partial charge in [0, 0.05) is 25.2 Å². The SMILES string of the molecule is COCc1nc(N)cc(-c2ccc3c(c2)CCO3)n1. The minimum atomic E-state index is 0.353. The van der Waals surface area contributed by atoms with E-state index in [9.17, 15) is 0 Å². The highest BCUT2D eigenvalue weighted by Crippen LogP contribution is 2.30. The summed E-state index contributed by atoms with van der Waals surface area (Å²) in [5.41, 5.74) is 8.86. The zero-order valence-corrected chi connectivity index (χ0v) is 10.7. The molecule has 0 aliphatic carbocycles. The van der Waals surface area contributed by atoms with E-state index in [1.54, 1.807) is 13.2 Å². The van der Waals surface area contributed by atoms with E-state index in [2.05, 4.69) is 16.0 Å². The number of ether oxygens (including phenoxy) is 2. The fourth-order valence-electron chi connectivity index (χ4n) is 2.21. The molecule has 1 aromatic carbocycles. The molecule has 2 N–H and O–H groups in total. The first kappa shape index (κ1) is 11.9. The topological polar surface area (TPSA) is 70.3 Å². The molecule has 2 aromatic rings. The Kier molecular flexibility index (Phi) is 3.05. The zero-order valence-electron chi connectivity index (χ0n) is 10.7. The van der Waals surface area contributed by atoms with Crippen molar-refractivity contribution in [1.29, 1.82) is 0 Å². The highest BCUT2D eigenvalue weighted by atomic mass is 16.5. The summed E-state index contributed by atoms with van der Waals surface area (Å²) in [4.78, 5) is 8.60. The molecule has 19 heavy (non-hydrogen) atoms. The fourth-order valence-corrected chi connectivity index (χ4v) is 2.21. The first-order chi connectivity index (χ1) is 9.26. The smallest absolute Gasteiger partial charge is 0.157 e. The number of methoxy groups -OCH3 is 1. The molecule has 98 valence electrons. The van der Waals surface area contributed by atoms with E-state index >= 15 is 0 Å². The van der Waals surface area contributed by atoms with Crippen molar-refractivity contribution in [1.82, 2.24) is 9.97 Å². The molecule has 1 aliphatic rings. The summed E-state index contributed by atoms with van der Waals surface area (Å²) in [6, 6.07) is 7.84. The number of benzene rings is 1. The van der Waals surface area contributed by atoms with Gasteiger partial charge >= 0.3 is 0 Å². The van der Waals surface area contributed by atoms with E-state index in [0.717, 1.165) is 30.0 Å². The summed E-state index contributed by atoms with van der Waals surface area (Å²) in [5, 5.41) is 0. The van der Waals surface area contributed by atoms with Crippen molar-refractivity contribution in [3.63, 3.8) is 0 Å². The molecule has 2 heterocycles. The number of fused-ring (bicyclic) bond motifs is 1. The summed E-state index contributed by atoms with van der Waals surface area (Å²) in [6.07, 6.45) is 0.939. The molecule has 0 bridgehead atoms. The molecule has 5 nitrogen and oxygen atoms in total. The second-order valence-corrected chi connectivity index (χ2v) is 4.45. The molecule has 0 saturated heterocycles. The lowest BCUT2D eigenvalue weighted by Gasteiger charge is -2.07. The van der Waals surface area contributed by atoms with Crippen molar-refractivity contribution >= 4 is 5.82 Å². The number of anilines is 1. The maximum absolute atomic E-state index is 5.81. The van der Waals surface area contributed by atoms with Gasteiger partial charge < -0.3 is 15.2 Å². The van der Waals surface area contributed by atoms with Crippen molar-refractivity contribution < 1.29 is 9.47 Å². The van der Waals surface area contributed by atoms with E-state index in [0.29, 0.717) is 18.2 Å². The van der Waals surface area contributed by atoms with Crippen molar-refractivity contribution in [2.75, 3.05) is 19.5 Å². The maximum Gasteiger partial charge on any atom is 0.157 e. The lowest BCUT2D eigenvalue weighted by Crippen LogP contribution is -2.02. The zero-order chi connectivity index (χ0) is 13.2. The third-order valence-electron chi connectivity index (χ3n) is 3.05. The molecule has 1 aliphatic heterocycles. The van der Waals surface area contributed by atoms with Crippen LogP contribution in [-0.4, -0.2) is 23.7 Å². The predicted octanol–water partition coefficient (Wildman–Crippen LogP) is 1.81. The summed E-state index contributed by atoms with van der Waals surface area (Å²) in [7, 11) is 1.61. The van der Waals surface area contributed by atoms with Gasteiger partial charge in [0.25, 0.3) is 0 Å². The summed E-state index contributed by atoms with van der Waals surface area (Å²) < 4.78 is 10.5. The maximum atomic E-state index is 5.81. The Morgan fingerprint density at radius 1 is 1.32 bits per heavy atom. The Bertz CT molecular complexity index is 614. The van der Waals surface area contributed by atoms with E-state index in [-0.39, 0.29) is 0 Å². The summed E-state index contributed by atoms with van der Waals surface area (Å²) in [6.45, 7) is 1.10. The standard InChI is InChI=1S/C14H15N3O2/c1-18-8-14-16-11(7-13(15)17-14)9-2-3-12-10(6-9)4-5-19-12/h2-3,6-7H,4-5,8H2,1H3,(H2,15,16,17). The second kappa shape index (κ2) is 4.85. The molecular formula is C14H15N3O2. The van der Waals surface area contributed by atoms with Gasteiger partial charge in [-0.1, -0.05) is 0 Å². The first-order valence-electron chi connectivity index (χ1n) is 6.15. The number of nitrogen functional groups attached to an aromatic ring is 1. The molecule has 0 fully saturated rings. The largest absolute Gasteiger partial charge is 0.493 e. The van der Waals surface area contributed by atoms with Crippen LogP contribution in [0.4, 0.5) is 5.82 Å². The first-order valence-corrected chi connectivity index (χ1v) is 6.15. The van der Waals surface area contributed by atoms with Gasteiger partial charge in [-0.25, -0.2) is 9.97 Å². The Morgan fingerprint density at radius 2 is 2.21 bits per heavy atom. The molecule has 1 aromatic heterocycles. The Balaban J connectivity index is 2.01. The third kappa shape index (κ3) is 2.37. The number of nitrogens with two attached hydrogens (primary N) is 1. The van der Waals surface area contributed by atoms with Gasteiger partial charge in [-0.2, -0.15) is 0 Å². The average molecular weight is 257 g/mol. The summed E-state index contributed by atoms with van der Waals surface area (Å²) >= 11 is 0. The quantitative estimate of drug-likeness (QED) is 0.908. The van der Waals surface area contributed by atoms with E-state index < -0.39 is 0 Å². The highest BCUT2D eigenvalue weighted by molar-refractivity contribution is 5.64. The monoisotopic (exact) mass is 257 g/mol. The molecular weight excluding hydrogens is 242 g/mol. The van der Waals surface area contributed by atoms with Gasteiger partial charge in [0.2, 0.25) is 0 Å². The van der Waals surface area contributed by atoms with Crippen LogP contribution in [0.25, 0.3) is 11.3 Å². The van der Waals surface area contributed by atoms with Crippen LogP contribution in [0.3, 0.4) is 0 Å². The van der Waals surface area contributed by atoms with Gasteiger partial charge in [-0.05, 0) is 23.8 Å². The van der Waals surface area contributed by atoms with Crippen LogP contribution in [0, 0.1) is 0 Å². The number of rotatable bonds is 3. The van der Waals surface area contributed by atoms with Crippen molar-refractivity contribution in [3.8, 4) is 17.0 Å². The van der Waals surface area contributed by atoms with Gasteiger partial charge in [-0.15, -0.1) is 0 Å². The Morgan fingerprint density at radius 3 is 3.05 bits per heavy atom. The van der Waals surface area contributed by atoms with Gasteiger partial charge in [0.1, 0.15) is 18.2 Å². The summed E-state index contributed by atoms with van der Waals surface area (Å²) in [5.74, 6) is 2.01. The Labute approximate surface area is 111 Å². The molecule has 5 heteroatoms. The highest BCUT2D eigenvalue weighted by Gasteiger charge is 2.13. The van der Waals surface area contributed by atoms with E-state index in [1.165, 1.54) is 5.56 Å². The number of aromatic nitrogens is 2. The molecule has 0 saturated carbocycles. The van der Waals surface area contributed by atoms with Gasteiger partial charge in [-0.3, -0.25) is 0 Å². The normalized spacial score (nSPS) is 13.1. The predicted molar refractivity (Wildman–Crippen MR) is 71.8 cm³/mol. The number of nitrogens with zero attached hydrogens (tertiary/aromatic N) is 2. The van der Waals surface area contributed by atoms with Crippen LogP contribution >= 0.6 is 0 Å². The molecule has 0 spiro atoms. The Hall–Kier alpha value is -2.14. The molecule has 0 atom stereocenters.